The van der Waals surface area contributed by atoms with E-state index in [1.807, 2.05) is 18.7 Å². The molecule has 3 rings (SSSR count). The summed E-state index contributed by atoms with van der Waals surface area (Å²) in [7, 11) is 0. The van der Waals surface area contributed by atoms with E-state index in [1.54, 1.807) is 6.07 Å². The lowest BCUT2D eigenvalue weighted by Crippen LogP contribution is -2.36. The predicted octanol–water partition coefficient (Wildman–Crippen LogP) is 2.97. The molecule has 1 N–H and O–H groups in total. The van der Waals surface area contributed by atoms with Gasteiger partial charge in [0.15, 0.2) is 11.6 Å². The second-order valence-electron chi connectivity index (χ2n) is 6.08. The average Bonchev–Trinajstić information content (AvgIpc) is 3.24. The fraction of sp³-hybridized carbons (Fsp3) is 0.562. The molecule has 3 nitrogen and oxygen atoms in total. The highest BCUT2D eigenvalue weighted by Crippen LogP contribution is 2.39. The normalized spacial score (nSPS) is 27.2. The van der Waals surface area contributed by atoms with Gasteiger partial charge < -0.3 is 4.90 Å². The molecule has 1 heterocycles. The average molecular weight is 294 g/mol. The van der Waals surface area contributed by atoms with Crippen LogP contribution in [0, 0.1) is 17.6 Å². The summed E-state index contributed by atoms with van der Waals surface area (Å²) in [4.78, 5) is 14.4. The zero-order valence-electron chi connectivity index (χ0n) is 12.3. The van der Waals surface area contributed by atoms with Gasteiger partial charge in [-0.15, -0.1) is 0 Å². The third kappa shape index (κ3) is 2.55. The first-order valence-corrected chi connectivity index (χ1v) is 7.56. The molecule has 1 saturated carbocycles. The second kappa shape index (κ2) is 5.37. The third-order valence-corrected chi connectivity index (χ3v) is 4.55. The minimum Gasteiger partial charge on any atom is -0.319 e. The second-order valence-corrected chi connectivity index (χ2v) is 6.08. The lowest BCUT2D eigenvalue weighted by Gasteiger charge is -2.24. The Balaban J connectivity index is 1.92. The van der Waals surface area contributed by atoms with Crippen molar-refractivity contribution in [1.29, 1.82) is 0 Å². The molecule has 114 valence electrons. The molecular formula is C16H20F2N2O. The number of nitrogens with zero attached hydrogens (tertiary/aromatic N) is 1. The molecule has 0 bridgehead atoms. The number of amides is 1. The molecule has 5 heteroatoms. The highest BCUT2D eigenvalue weighted by atomic mass is 19.2. The van der Waals surface area contributed by atoms with E-state index in [2.05, 4.69) is 5.32 Å². The van der Waals surface area contributed by atoms with E-state index in [0.29, 0.717) is 5.56 Å². The Hall–Kier alpha value is -1.49. The van der Waals surface area contributed by atoms with Gasteiger partial charge >= 0.3 is 0 Å². The largest absolute Gasteiger partial charge is 0.319 e. The molecule has 3 unspecified atom stereocenters. The number of nitrogens with one attached hydrogen (secondary N) is 1. The number of benzene rings is 1. The molecule has 1 amide bonds. The lowest BCUT2D eigenvalue weighted by molar-refractivity contribution is -0.131. The van der Waals surface area contributed by atoms with Crippen molar-refractivity contribution in [2.24, 2.45) is 5.92 Å². The summed E-state index contributed by atoms with van der Waals surface area (Å²) in [6, 6.07) is 3.86. The van der Waals surface area contributed by atoms with E-state index < -0.39 is 11.6 Å². The van der Waals surface area contributed by atoms with Crippen molar-refractivity contribution >= 4 is 5.91 Å². The summed E-state index contributed by atoms with van der Waals surface area (Å²) < 4.78 is 26.6. The minimum atomic E-state index is -0.871. The van der Waals surface area contributed by atoms with Crippen LogP contribution in [0.15, 0.2) is 18.2 Å². The first kappa shape index (κ1) is 14.4. The lowest BCUT2D eigenvalue weighted by atomic mass is 9.99. The fourth-order valence-corrected chi connectivity index (χ4v) is 2.94. The van der Waals surface area contributed by atoms with E-state index in [4.69, 9.17) is 0 Å². The van der Waals surface area contributed by atoms with Crippen LogP contribution in [0.25, 0.3) is 0 Å². The highest BCUT2D eigenvalue weighted by Gasteiger charge is 2.47. The van der Waals surface area contributed by atoms with Crippen molar-refractivity contribution in [1.82, 2.24) is 10.2 Å². The van der Waals surface area contributed by atoms with Crippen LogP contribution in [-0.4, -0.2) is 22.9 Å². The van der Waals surface area contributed by atoms with Crippen molar-refractivity contribution in [2.45, 2.75) is 51.4 Å². The Labute approximate surface area is 123 Å². The summed E-state index contributed by atoms with van der Waals surface area (Å²) in [6.45, 7) is 4.08. The van der Waals surface area contributed by atoms with Crippen LogP contribution in [0.4, 0.5) is 8.78 Å². The van der Waals surface area contributed by atoms with Crippen molar-refractivity contribution in [3.63, 3.8) is 0 Å². The van der Waals surface area contributed by atoms with Gasteiger partial charge in [0.25, 0.3) is 0 Å². The summed E-state index contributed by atoms with van der Waals surface area (Å²) >= 11 is 0. The maximum Gasteiger partial charge on any atom is 0.241 e. The van der Waals surface area contributed by atoms with Crippen molar-refractivity contribution in [3.05, 3.63) is 35.4 Å². The zero-order valence-corrected chi connectivity index (χ0v) is 12.3. The van der Waals surface area contributed by atoms with Crippen molar-refractivity contribution in [3.8, 4) is 0 Å². The van der Waals surface area contributed by atoms with Gasteiger partial charge in [-0.05, 0) is 36.5 Å². The molecule has 1 saturated heterocycles. The molecule has 21 heavy (non-hydrogen) atoms. The Morgan fingerprint density at radius 1 is 1.33 bits per heavy atom. The van der Waals surface area contributed by atoms with Gasteiger partial charge in [-0.3, -0.25) is 10.1 Å². The first-order chi connectivity index (χ1) is 10.0. The molecule has 0 aromatic heterocycles. The number of halogens is 2. The Kier molecular flexibility index (Phi) is 3.69. The molecular weight excluding hydrogens is 274 g/mol. The van der Waals surface area contributed by atoms with Crippen LogP contribution in [0.5, 0.6) is 0 Å². The SMILES string of the molecule is CCC(C)C1NC(c2ccc(F)c(F)c2)N(C2CC2)C1=O. The van der Waals surface area contributed by atoms with E-state index in [1.165, 1.54) is 6.07 Å². The van der Waals surface area contributed by atoms with Gasteiger partial charge in [0.05, 0.1) is 6.04 Å². The van der Waals surface area contributed by atoms with Crippen LogP contribution in [0.1, 0.15) is 44.8 Å². The highest BCUT2D eigenvalue weighted by molar-refractivity contribution is 5.85. The molecule has 3 atom stereocenters. The summed E-state index contributed by atoms with van der Waals surface area (Å²) in [5, 5.41) is 3.31. The van der Waals surface area contributed by atoms with Gasteiger partial charge in [-0.25, -0.2) is 8.78 Å². The molecule has 0 spiro atoms. The van der Waals surface area contributed by atoms with Gasteiger partial charge in [0.1, 0.15) is 6.17 Å². The smallest absolute Gasteiger partial charge is 0.241 e. The topological polar surface area (TPSA) is 32.3 Å². The summed E-state index contributed by atoms with van der Waals surface area (Å²) in [6.07, 6.45) is 2.52. The number of carbonyl (C=O) groups excluding carboxylic acids is 1. The molecule has 1 aliphatic carbocycles. The number of rotatable bonds is 4. The predicted molar refractivity (Wildman–Crippen MR) is 75.3 cm³/mol. The van der Waals surface area contributed by atoms with E-state index in [-0.39, 0.29) is 30.1 Å². The monoisotopic (exact) mass is 294 g/mol. The molecule has 2 fully saturated rings. The van der Waals surface area contributed by atoms with Gasteiger partial charge in [0, 0.05) is 6.04 Å². The maximum atomic E-state index is 13.5. The molecule has 1 aliphatic heterocycles. The van der Waals surface area contributed by atoms with Crippen LogP contribution in [0.2, 0.25) is 0 Å². The molecule has 1 aromatic carbocycles. The fourth-order valence-electron chi connectivity index (χ4n) is 2.94. The van der Waals surface area contributed by atoms with Gasteiger partial charge in [-0.2, -0.15) is 0 Å². The van der Waals surface area contributed by atoms with Crippen molar-refractivity contribution in [2.75, 3.05) is 0 Å². The number of carbonyl (C=O) groups is 1. The summed E-state index contributed by atoms with van der Waals surface area (Å²) in [5.41, 5.74) is 0.611. The Morgan fingerprint density at radius 2 is 2.05 bits per heavy atom. The first-order valence-electron chi connectivity index (χ1n) is 7.56. The molecule has 0 radical (unpaired) electrons. The summed E-state index contributed by atoms with van der Waals surface area (Å²) in [5.74, 6) is -1.43. The number of hydrogen-bond donors (Lipinski definition) is 1. The van der Waals surface area contributed by atoms with Gasteiger partial charge in [-0.1, -0.05) is 26.3 Å². The van der Waals surface area contributed by atoms with Crippen LogP contribution < -0.4 is 5.32 Å². The van der Waals surface area contributed by atoms with Crippen LogP contribution >= 0.6 is 0 Å². The minimum absolute atomic E-state index is 0.0848. The Bertz CT molecular complexity index is 559. The van der Waals surface area contributed by atoms with Crippen molar-refractivity contribution < 1.29 is 13.6 Å². The van der Waals surface area contributed by atoms with Crippen LogP contribution in [0.3, 0.4) is 0 Å². The van der Waals surface area contributed by atoms with E-state index >= 15 is 0 Å². The van der Waals surface area contributed by atoms with Gasteiger partial charge in [0.2, 0.25) is 5.91 Å². The third-order valence-electron chi connectivity index (χ3n) is 4.55. The number of hydrogen-bond acceptors (Lipinski definition) is 2. The standard InChI is InChI=1S/C16H20F2N2O/c1-3-9(2)14-16(21)20(11-5-6-11)15(19-14)10-4-7-12(17)13(18)8-10/h4,7-9,11,14-15,19H,3,5-6H2,1-2H3. The van der Waals surface area contributed by atoms with Crippen LogP contribution in [-0.2, 0) is 4.79 Å². The Morgan fingerprint density at radius 3 is 2.62 bits per heavy atom. The maximum absolute atomic E-state index is 13.5. The van der Waals surface area contributed by atoms with E-state index in [0.717, 1.165) is 25.3 Å². The molecule has 2 aliphatic rings. The quantitative estimate of drug-likeness (QED) is 0.926. The van der Waals surface area contributed by atoms with E-state index in [9.17, 15) is 13.6 Å². The molecule has 1 aromatic rings. The zero-order chi connectivity index (χ0) is 15.1.